The number of hydrogen-bond donors (Lipinski definition) is 1. The van der Waals surface area contributed by atoms with Gasteiger partial charge in [0.25, 0.3) is 5.91 Å². The van der Waals surface area contributed by atoms with Crippen LogP contribution in [0.4, 0.5) is 5.82 Å². The molecule has 1 aromatic rings. The van der Waals surface area contributed by atoms with Crippen LogP contribution in [0.2, 0.25) is 5.02 Å². The molecular weight excluding hydrogens is 214 g/mol. The lowest BCUT2D eigenvalue weighted by Crippen LogP contribution is -2.28. The van der Waals surface area contributed by atoms with E-state index in [1.165, 1.54) is 0 Å². The second kappa shape index (κ2) is 4.98. The number of nitrogens with zero attached hydrogens (tertiary/aromatic N) is 2. The van der Waals surface area contributed by atoms with Crippen molar-refractivity contribution in [1.82, 2.24) is 9.88 Å². The van der Waals surface area contributed by atoms with E-state index in [0.717, 1.165) is 6.42 Å². The first-order valence-electron chi connectivity index (χ1n) is 4.73. The Morgan fingerprint density at radius 2 is 2.27 bits per heavy atom. The molecule has 0 bridgehead atoms. The maximum absolute atomic E-state index is 11.8. The van der Waals surface area contributed by atoms with Crippen LogP contribution >= 0.6 is 11.6 Å². The molecular formula is C10H14ClN3O. The zero-order valence-electron chi connectivity index (χ0n) is 8.83. The van der Waals surface area contributed by atoms with Crippen molar-refractivity contribution in [3.05, 3.63) is 22.8 Å². The molecule has 0 spiro atoms. The van der Waals surface area contributed by atoms with Crippen molar-refractivity contribution in [3.63, 3.8) is 0 Å². The number of anilines is 1. The number of amides is 1. The van der Waals surface area contributed by atoms with Gasteiger partial charge in [0.15, 0.2) is 0 Å². The number of nitrogens with two attached hydrogens (primary N) is 1. The quantitative estimate of drug-likeness (QED) is 0.857. The predicted octanol–water partition coefficient (Wildman–Crippen LogP) is 1.80. The van der Waals surface area contributed by atoms with Crippen molar-refractivity contribution < 1.29 is 4.79 Å². The normalized spacial score (nSPS) is 10.1. The van der Waals surface area contributed by atoms with Crippen molar-refractivity contribution in [2.75, 3.05) is 19.3 Å². The minimum absolute atomic E-state index is 0.200. The number of aromatic nitrogens is 1. The van der Waals surface area contributed by atoms with Crippen molar-refractivity contribution in [1.29, 1.82) is 0 Å². The Balaban J connectivity index is 2.95. The van der Waals surface area contributed by atoms with Crippen molar-refractivity contribution >= 4 is 23.3 Å². The van der Waals surface area contributed by atoms with Gasteiger partial charge in [-0.3, -0.25) is 4.79 Å². The molecule has 0 aliphatic carbocycles. The third kappa shape index (κ3) is 2.83. The zero-order chi connectivity index (χ0) is 11.4. The van der Waals surface area contributed by atoms with E-state index >= 15 is 0 Å². The van der Waals surface area contributed by atoms with Gasteiger partial charge in [0.1, 0.15) is 11.5 Å². The Morgan fingerprint density at radius 3 is 2.87 bits per heavy atom. The largest absolute Gasteiger partial charge is 0.384 e. The van der Waals surface area contributed by atoms with Gasteiger partial charge in [0.2, 0.25) is 0 Å². The average Bonchev–Trinajstić information content (AvgIpc) is 2.21. The second-order valence-electron chi connectivity index (χ2n) is 3.29. The highest BCUT2D eigenvalue weighted by molar-refractivity contribution is 6.33. The van der Waals surface area contributed by atoms with Crippen LogP contribution in [0.5, 0.6) is 0 Å². The lowest BCUT2D eigenvalue weighted by atomic mass is 10.3. The van der Waals surface area contributed by atoms with Crippen LogP contribution in [0.1, 0.15) is 23.8 Å². The third-order valence-electron chi connectivity index (χ3n) is 1.98. The van der Waals surface area contributed by atoms with Gasteiger partial charge in [-0.2, -0.15) is 0 Å². The summed E-state index contributed by atoms with van der Waals surface area (Å²) in [5, 5.41) is 0.331. The highest BCUT2D eigenvalue weighted by atomic mass is 35.5. The molecule has 1 amide bonds. The summed E-state index contributed by atoms with van der Waals surface area (Å²) in [5.41, 5.74) is 5.71. The summed E-state index contributed by atoms with van der Waals surface area (Å²) >= 11 is 5.87. The summed E-state index contributed by atoms with van der Waals surface area (Å²) in [6, 6.07) is 3.15. The Labute approximate surface area is 94.0 Å². The number of nitrogen functional groups attached to an aromatic ring is 1. The Morgan fingerprint density at radius 1 is 1.60 bits per heavy atom. The molecule has 1 heterocycles. The number of rotatable bonds is 3. The van der Waals surface area contributed by atoms with Gasteiger partial charge in [-0.1, -0.05) is 18.5 Å². The van der Waals surface area contributed by atoms with Gasteiger partial charge in [-0.15, -0.1) is 0 Å². The van der Waals surface area contributed by atoms with E-state index in [9.17, 15) is 4.79 Å². The van der Waals surface area contributed by atoms with Gasteiger partial charge < -0.3 is 10.6 Å². The van der Waals surface area contributed by atoms with E-state index in [1.807, 2.05) is 6.92 Å². The van der Waals surface area contributed by atoms with Crippen LogP contribution in [-0.4, -0.2) is 29.4 Å². The average molecular weight is 228 g/mol. The molecule has 5 heteroatoms. The molecule has 0 atom stereocenters. The first kappa shape index (κ1) is 11.8. The molecule has 0 aromatic carbocycles. The summed E-state index contributed by atoms with van der Waals surface area (Å²) < 4.78 is 0. The fraction of sp³-hybridized carbons (Fsp3) is 0.400. The topological polar surface area (TPSA) is 59.2 Å². The number of pyridine rings is 1. The Bertz CT molecular complexity index is 368. The number of halogens is 1. The predicted molar refractivity (Wildman–Crippen MR) is 60.9 cm³/mol. The van der Waals surface area contributed by atoms with Crippen LogP contribution in [-0.2, 0) is 0 Å². The summed E-state index contributed by atoms with van der Waals surface area (Å²) in [6.45, 7) is 2.67. The fourth-order valence-electron chi connectivity index (χ4n) is 1.22. The first-order chi connectivity index (χ1) is 7.06. The molecule has 0 saturated heterocycles. The van der Waals surface area contributed by atoms with E-state index < -0.39 is 0 Å². The number of carbonyl (C=O) groups is 1. The summed E-state index contributed by atoms with van der Waals surface area (Å²) in [4.78, 5) is 17.3. The highest BCUT2D eigenvalue weighted by Crippen LogP contribution is 2.16. The van der Waals surface area contributed by atoms with Crippen LogP contribution < -0.4 is 5.73 Å². The van der Waals surface area contributed by atoms with E-state index in [4.69, 9.17) is 17.3 Å². The third-order valence-corrected chi connectivity index (χ3v) is 2.28. The van der Waals surface area contributed by atoms with E-state index in [2.05, 4.69) is 4.98 Å². The molecule has 1 aromatic heterocycles. The van der Waals surface area contributed by atoms with Gasteiger partial charge in [-0.05, 0) is 18.6 Å². The molecule has 0 aliphatic rings. The molecule has 82 valence electrons. The van der Waals surface area contributed by atoms with E-state index in [-0.39, 0.29) is 11.6 Å². The monoisotopic (exact) mass is 227 g/mol. The van der Waals surface area contributed by atoms with Gasteiger partial charge in [-0.25, -0.2) is 4.98 Å². The molecule has 4 nitrogen and oxygen atoms in total. The molecule has 0 fully saturated rings. The minimum atomic E-state index is -0.200. The van der Waals surface area contributed by atoms with Crippen LogP contribution in [0, 0.1) is 0 Å². The summed E-state index contributed by atoms with van der Waals surface area (Å²) in [5.74, 6) is 0.0989. The molecule has 15 heavy (non-hydrogen) atoms. The first-order valence-corrected chi connectivity index (χ1v) is 5.11. The summed E-state index contributed by atoms with van der Waals surface area (Å²) in [6.07, 6.45) is 0.891. The zero-order valence-corrected chi connectivity index (χ0v) is 9.58. The lowest BCUT2D eigenvalue weighted by Gasteiger charge is -2.16. The van der Waals surface area contributed by atoms with Gasteiger partial charge in [0.05, 0.1) is 5.02 Å². The smallest absolute Gasteiger partial charge is 0.273 e. The van der Waals surface area contributed by atoms with E-state index in [1.54, 1.807) is 24.1 Å². The van der Waals surface area contributed by atoms with Crippen molar-refractivity contribution in [3.8, 4) is 0 Å². The van der Waals surface area contributed by atoms with Crippen molar-refractivity contribution in [2.45, 2.75) is 13.3 Å². The molecule has 1 rings (SSSR count). The second-order valence-corrected chi connectivity index (χ2v) is 3.70. The molecule has 0 unspecified atom stereocenters. The van der Waals surface area contributed by atoms with Crippen LogP contribution in [0.25, 0.3) is 0 Å². The standard InChI is InChI=1S/C10H14ClN3O/c1-3-6-14(2)10(15)9-7(11)4-5-8(12)13-9/h4-5H,3,6H2,1-2H3,(H2,12,13). The lowest BCUT2D eigenvalue weighted by molar-refractivity contribution is 0.0789. The molecule has 0 saturated carbocycles. The highest BCUT2D eigenvalue weighted by Gasteiger charge is 2.16. The SMILES string of the molecule is CCCN(C)C(=O)c1nc(N)ccc1Cl. The van der Waals surface area contributed by atoms with Gasteiger partial charge >= 0.3 is 0 Å². The van der Waals surface area contributed by atoms with E-state index in [0.29, 0.717) is 17.4 Å². The number of hydrogen-bond acceptors (Lipinski definition) is 3. The number of carbonyl (C=O) groups excluding carboxylic acids is 1. The fourth-order valence-corrected chi connectivity index (χ4v) is 1.41. The summed E-state index contributed by atoms with van der Waals surface area (Å²) in [7, 11) is 1.72. The molecule has 2 N–H and O–H groups in total. The minimum Gasteiger partial charge on any atom is -0.384 e. The van der Waals surface area contributed by atoms with Gasteiger partial charge in [0, 0.05) is 13.6 Å². The maximum Gasteiger partial charge on any atom is 0.273 e. The Kier molecular flexibility index (Phi) is 3.91. The maximum atomic E-state index is 11.8. The van der Waals surface area contributed by atoms with Crippen LogP contribution in [0.3, 0.4) is 0 Å². The molecule has 0 aliphatic heterocycles. The Hall–Kier alpha value is -1.29. The van der Waals surface area contributed by atoms with Crippen molar-refractivity contribution in [2.24, 2.45) is 0 Å². The molecule has 0 radical (unpaired) electrons. The van der Waals surface area contributed by atoms with Crippen LogP contribution in [0.15, 0.2) is 12.1 Å².